The summed E-state index contributed by atoms with van der Waals surface area (Å²) in [5, 5.41) is 6.89. The number of rotatable bonds is 4. The molecule has 1 aliphatic heterocycles. The Morgan fingerprint density at radius 2 is 2.10 bits per heavy atom. The lowest BCUT2D eigenvalue weighted by Crippen LogP contribution is -2.28. The van der Waals surface area contributed by atoms with Gasteiger partial charge in [0.05, 0.1) is 16.8 Å². The first-order valence-corrected chi connectivity index (χ1v) is 8.53. The second-order valence-corrected chi connectivity index (χ2v) is 6.69. The molecular weight excluding hydrogens is 280 g/mol. The summed E-state index contributed by atoms with van der Waals surface area (Å²) in [4.78, 5) is 4.83. The van der Waals surface area contributed by atoms with Gasteiger partial charge in [-0.05, 0) is 57.5 Å². The van der Waals surface area contributed by atoms with Gasteiger partial charge in [-0.25, -0.2) is 4.98 Å². The predicted molar refractivity (Wildman–Crippen MR) is 88.2 cm³/mol. The van der Waals surface area contributed by atoms with Crippen LogP contribution in [0.1, 0.15) is 37.6 Å². The average Bonchev–Trinajstić information content (AvgIpc) is 2.98. The third-order valence-electron chi connectivity index (χ3n) is 3.69. The van der Waals surface area contributed by atoms with Crippen LogP contribution in [0.4, 0.5) is 0 Å². The first-order chi connectivity index (χ1) is 10.2. The topological polar surface area (TPSA) is 34.1 Å². The molecule has 112 valence electrons. The lowest BCUT2D eigenvalue weighted by Gasteiger charge is -2.20. The second-order valence-electron chi connectivity index (χ2n) is 5.81. The van der Waals surface area contributed by atoms with Crippen LogP contribution in [0.5, 0.6) is 5.75 Å². The lowest BCUT2D eigenvalue weighted by atomic mass is 10.0. The van der Waals surface area contributed by atoms with Gasteiger partial charge in [0.25, 0.3) is 0 Å². The van der Waals surface area contributed by atoms with Gasteiger partial charge in [0, 0.05) is 23.4 Å². The maximum absolute atomic E-state index is 5.68. The third-order valence-corrected chi connectivity index (χ3v) is 4.70. The van der Waals surface area contributed by atoms with Gasteiger partial charge in [-0.1, -0.05) is 0 Å². The van der Waals surface area contributed by atoms with Crippen molar-refractivity contribution in [3.8, 4) is 17.0 Å². The fourth-order valence-corrected chi connectivity index (χ4v) is 3.61. The Kier molecular flexibility index (Phi) is 4.56. The third kappa shape index (κ3) is 3.63. The molecule has 0 radical (unpaired) electrons. The maximum atomic E-state index is 5.68. The molecule has 21 heavy (non-hydrogen) atoms. The molecule has 3 nitrogen and oxygen atoms in total. The molecule has 0 bridgehead atoms. The van der Waals surface area contributed by atoms with Crippen molar-refractivity contribution in [2.75, 3.05) is 13.1 Å². The molecule has 0 spiro atoms. The van der Waals surface area contributed by atoms with E-state index < -0.39 is 0 Å². The van der Waals surface area contributed by atoms with Crippen molar-refractivity contribution in [3.05, 3.63) is 34.7 Å². The molecule has 1 N–H and O–H groups in total. The van der Waals surface area contributed by atoms with E-state index in [-0.39, 0.29) is 6.10 Å². The zero-order valence-electron chi connectivity index (χ0n) is 12.6. The number of piperidine rings is 1. The summed E-state index contributed by atoms with van der Waals surface area (Å²) in [5.74, 6) is 1.50. The zero-order chi connectivity index (χ0) is 14.7. The summed E-state index contributed by atoms with van der Waals surface area (Å²) in [7, 11) is 0. The van der Waals surface area contributed by atoms with Gasteiger partial charge in [0.15, 0.2) is 0 Å². The summed E-state index contributed by atoms with van der Waals surface area (Å²) in [6.45, 7) is 6.29. The van der Waals surface area contributed by atoms with Gasteiger partial charge in [0.2, 0.25) is 0 Å². The first kappa shape index (κ1) is 14.5. The first-order valence-electron chi connectivity index (χ1n) is 7.65. The van der Waals surface area contributed by atoms with Crippen LogP contribution < -0.4 is 10.1 Å². The molecule has 1 unspecified atom stereocenters. The Hall–Kier alpha value is -1.39. The van der Waals surface area contributed by atoms with Crippen molar-refractivity contribution in [1.82, 2.24) is 10.3 Å². The molecule has 1 aromatic carbocycles. The SMILES string of the molecule is CC(C)Oc1ccc(-c2csc(C3CCCNC3)n2)cc1. The van der Waals surface area contributed by atoms with Crippen molar-refractivity contribution >= 4 is 11.3 Å². The number of hydrogen-bond acceptors (Lipinski definition) is 4. The van der Waals surface area contributed by atoms with Gasteiger partial charge in [-0.3, -0.25) is 0 Å². The summed E-state index contributed by atoms with van der Waals surface area (Å²) in [6.07, 6.45) is 2.71. The second kappa shape index (κ2) is 6.58. The van der Waals surface area contributed by atoms with Crippen molar-refractivity contribution < 1.29 is 4.74 Å². The fourth-order valence-electron chi connectivity index (χ4n) is 2.65. The molecule has 4 heteroatoms. The van der Waals surface area contributed by atoms with Crippen molar-refractivity contribution in [2.24, 2.45) is 0 Å². The molecule has 2 heterocycles. The Morgan fingerprint density at radius 1 is 1.29 bits per heavy atom. The van der Waals surface area contributed by atoms with Gasteiger partial charge < -0.3 is 10.1 Å². The molecule has 1 aliphatic rings. The Balaban J connectivity index is 1.73. The Morgan fingerprint density at radius 3 is 2.76 bits per heavy atom. The van der Waals surface area contributed by atoms with E-state index in [0.717, 1.165) is 30.1 Å². The standard InChI is InChI=1S/C17H22N2OS/c1-12(2)20-15-7-5-13(6-8-15)16-11-21-17(19-16)14-4-3-9-18-10-14/h5-8,11-12,14,18H,3-4,9-10H2,1-2H3. The molecule has 3 rings (SSSR count). The number of benzene rings is 1. The van der Waals surface area contributed by atoms with Crippen LogP contribution in [0.2, 0.25) is 0 Å². The minimum Gasteiger partial charge on any atom is -0.491 e. The lowest BCUT2D eigenvalue weighted by molar-refractivity contribution is 0.242. The molecule has 0 amide bonds. The Labute approximate surface area is 130 Å². The van der Waals surface area contributed by atoms with Crippen LogP contribution in [0, 0.1) is 0 Å². The number of ether oxygens (including phenoxy) is 1. The van der Waals surface area contributed by atoms with Crippen LogP contribution in [-0.2, 0) is 0 Å². The highest BCUT2D eigenvalue weighted by Crippen LogP contribution is 2.30. The van der Waals surface area contributed by atoms with Crippen LogP contribution in [0.25, 0.3) is 11.3 Å². The predicted octanol–water partition coefficient (Wildman–Crippen LogP) is 4.06. The van der Waals surface area contributed by atoms with Crippen molar-refractivity contribution in [3.63, 3.8) is 0 Å². The highest BCUT2D eigenvalue weighted by atomic mass is 32.1. The van der Waals surface area contributed by atoms with E-state index in [4.69, 9.17) is 9.72 Å². The summed E-state index contributed by atoms with van der Waals surface area (Å²) < 4.78 is 5.68. The van der Waals surface area contributed by atoms with E-state index in [1.807, 2.05) is 26.0 Å². The molecule has 1 fully saturated rings. The molecule has 1 aromatic heterocycles. The molecule has 1 atom stereocenters. The average molecular weight is 302 g/mol. The van der Waals surface area contributed by atoms with Gasteiger partial charge in [-0.2, -0.15) is 0 Å². The Bertz CT molecular complexity index is 571. The summed E-state index contributed by atoms with van der Waals surface area (Å²) in [5.41, 5.74) is 2.24. The van der Waals surface area contributed by atoms with E-state index in [9.17, 15) is 0 Å². The van der Waals surface area contributed by atoms with Crippen LogP contribution in [0.15, 0.2) is 29.6 Å². The summed E-state index contributed by atoms with van der Waals surface area (Å²) >= 11 is 1.78. The van der Waals surface area contributed by atoms with E-state index >= 15 is 0 Å². The molecular formula is C17H22N2OS. The highest BCUT2D eigenvalue weighted by Gasteiger charge is 2.18. The van der Waals surface area contributed by atoms with E-state index in [1.165, 1.54) is 17.8 Å². The fraction of sp³-hybridized carbons (Fsp3) is 0.471. The number of nitrogens with zero attached hydrogens (tertiary/aromatic N) is 1. The van der Waals surface area contributed by atoms with Crippen molar-refractivity contribution in [2.45, 2.75) is 38.7 Å². The quantitative estimate of drug-likeness (QED) is 0.924. The minimum atomic E-state index is 0.209. The maximum Gasteiger partial charge on any atom is 0.119 e. The van der Waals surface area contributed by atoms with Gasteiger partial charge in [0.1, 0.15) is 5.75 Å². The van der Waals surface area contributed by atoms with Gasteiger partial charge in [-0.15, -0.1) is 11.3 Å². The highest BCUT2D eigenvalue weighted by molar-refractivity contribution is 7.10. The number of aromatic nitrogens is 1. The normalized spacial score (nSPS) is 18.9. The zero-order valence-corrected chi connectivity index (χ0v) is 13.5. The number of hydrogen-bond donors (Lipinski definition) is 1. The molecule has 2 aromatic rings. The van der Waals surface area contributed by atoms with Gasteiger partial charge >= 0.3 is 0 Å². The molecule has 1 saturated heterocycles. The van der Waals surface area contributed by atoms with E-state index in [2.05, 4.69) is 22.8 Å². The molecule has 0 saturated carbocycles. The van der Waals surface area contributed by atoms with Crippen LogP contribution >= 0.6 is 11.3 Å². The van der Waals surface area contributed by atoms with E-state index in [1.54, 1.807) is 11.3 Å². The number of thiazole rings is 1. The molecule has 0 aliphatic carbocycles. The van der Waals surface area contributed by atoms with Crippen LogP contribution in [0.3, 0.4) is 0 Å². The smallest absolute Gasteiger partial charge is 0.119 e. The number of nitrogens with one attached hydrogen (secondary N) is 1. The summed E-state index contributed by atoms with van der Waals surface area (Å²) in [6, 6.07) is 8.23. The van der Waals surface area contributed by atoms with Crippen molar-refractivity contribution in [1.29, 1.82) is 0 Å². The largest absolute Gasteiger partial charge is 0.491 e. The minimum absolute atomic E-state index is 0.209. The van der Waals surface area contributed by atoms with E-state index in [0.29, 0.717) is 5.92 Å². The monoisotopic (exact) mass is 302 g/mol. The van der Waals surface area contributed by atoms with Crippen LogP contribution in [-0.4, -0.2) is 24.2 Å².